The van der Waals surface area contributed by atoms with E-state index in [1.54, 1.807) is 0 Å². The fourth-order valence-corrected chi connectivity index (χ4v) is 2.24. The van der Waals surface area contributed by atoms with E-state index in [1.807, 2.05) is 6.92 Å². The number of benzene rings is 1. The van der Waals surface area contributed by atoms with Crippen molar-refractivity contribution in [2.45, 2.75) is 38.4 Å². The summed E-state index contributed by atoms with van der Waals surface area (Å²) in [6.45, 7) is 1.85. The summed E-state index contributed by atoms with van der Waals surface area (Å²) in [6.07, 6.45) is -3.55. The van der Waals surface area contributed by atoms with Crippen LogP contribution < -0.4 is 5.32 Å². The molecule has 0 spiro atoms. The summed E-state index contributed by atoms with van der Waals surface area (Å²) in [7, 11) is 0. The van der Waals surface area contributed by atoms with Crippen LogP contribution in [0.25, 0.3) is 0 Å². The first-order valence-electron chi connectivity index (χ1n) is 6.09. The molecule has 1 unspecified atom stereocenters. The lowest BCUT2D eigenvalue weighted by atomic mass is 10.1. The van der Waals surface area contributed by atoms with E-state index in [2.05, 4.69) is 21.2 Å². The summed E-state index contributed by atoms with van der Waals surface area (Å²) in [6, 6.07) is 3.24. The number of rotatable bonds is 6. The predicted molar refractivity (Wildman–Crippen MR) is 73.7 cm³/mol. The summed E-state index contributed by atoms with van der Waals surface area (Å²) < 4.78 is 39.2. The molecule has 0 aromatic heterocycles. The van der Waals surface area contributed by atoms with Crippen molar-refractivity contribution in [3.8, 4) is 0 Å². The van der Waals surface area contributed by atoms with E-state index in [0.29, 0.717) is 17.3 Å². The quantitative estimate of drug-likeness (QED) is 0.790. The smallest absolute Gasteiger partial charge is 0.418 e. The molecule has 0 radical (unpaired) electrons. The van der Waals surface area contributed by atoms with Gasteiger partial charge >= 0.3 is 12.1 Å². The fraction of sp³-hybridized carbons (Fsp3) is 0.462. The largest absolute Gasteiger partial charge is 0.481 e. The lowest BCUT2D eigenvalue weighted by Gasteiger charge is -2.21. The van der Waals surface area contributed by atoms with Crippen molar-refractivity contribution in [3.05, 3.63) is 28.2 Å². The van der Waals surface area contributed by atoms with Gasteiger partial charge in [-0.2, -0.15) is 13.2 Å². The molecule has 0 amide bonds. The molecule has 0 fully saturated rings. The van der Waals surface area contributed by atoms with Crippen LogP contribution in [0.5, 0.6) is 0 Å². The summed E-state index contributed by atoms with van der Waals surface area (Å²) in [5.74, 6) is -1.04. The van der Waals surface area contributed by atoms with Crippen molar-refractivity contribution in [2.75, 3.05) is 5.32 Å². The minimum Gasteiger partial charge on any atom is -0.481 e. The zero-order chi connectivity index (χ0) is 15.3. The number of carboxylic acids is 1. The van der Waals surface area contributed by atoms with E-state index in [9.17, 15) is 18.0 Å². The highest BCUT2D eigenvalue weighted by atomic mass is 79.9. The molecular weight excluding hydrogens is 339 g/mol. The molecule has 0 saturated heterocycles. The third kappa shape index (κ3) is 5.03. The molecule has 0 heterocycles. The summed E-state index contributed by atoms with van der Waals surface area (Å²) in [4.78, 5) is 10.7. The van der Waals surface area contributed by atoms with Gasteiger partial charge < -0.3 is 10.4 Å². The second-order valence-electron chi connectivity index (χ2n) is 4.42. The number of alkyl halides is 3. The van der Waals surface area contributed by atoms with E-state index in [-0.39, 0.29) is 12.1 Å². The number of carbonyl (C=O) groups is 1. The van der Waals surface area contributed by atoms with Crippen LogP contribution in [0.4, 0.5) is 18.9 Å². The van der Waals surface area contributed by atoms with Crippen LogP contribution >= 0.6 is 15.9 Å². The van der Waals surface area contributed by atoms with Crippen LogP contribution in [0.2, 0.25) is 0 Å². The summed E-state index contributed by atoms with van der Waals surface area (Å²) in [5, 5.41) is 11.5. The molecule has 1 aromatic carbocycles. The van der Waals surface area contributed by atoms with Crippen molar-refractivity contribution >= 4 is 27.6 Å². The van der Waals surface area contributed by atoms with Crippen LogP contribution in [-0.4, -0.2) is 17.1 Å². The van der Waals surface area contributed by atoms with Gasteiger partial charge in [0, 0.05) is 16.2 Å². The second kappa shape index (κ2) is 6.97. The standard InChI is InChI=1S/C13H15BrF3NO2/c1-2-3-9(7-12(19)20)18-11-5-4-8(14)6-10(11)13(15,16)17/h4-6,9,18H,2-3,7H2,1H3,(H,19,20). The molecule has 3 nitrogen and oxygen atoms in total. The SMILES string of the molecule is CCCC(CC(=O)O)Nc1ccc(Br)cc1C(F)(F)F. The summed E-state index contributed by atoms with van der Waals surface area (Å²) in [5.41, 5.74) is -0.904. The number of nitrogens with one attached hydrogen (secondary N) is 1. The van der Waals surface area contributed by atoms with Gasteiger partial charge in [-0.1, -0.05) is 29.3 Å². The van der Waals surface area contributed by atoms with Gasteiger partial charge in [0.25, 0.3) is 0 Å². The molecular formula is C13H15BrF3NO2. The lowest BCUT2D eigenvalue weighted by Crippen LogP contribution is -2.24. The van der Waals surface area contributed by atoms with E-state index >= 15 is 0 Å². The van der Waals surface area contributed by atoms with Gasteiger partial charge in [-0.25, -0.2) is 0 Å². The fourth-order valence-electron chi connectivity index (χ4n) is 1.88. The topological polar surface area (TPSA) is 49.3 Å². The maximum atomic E-state index is 12.9. The first kappa shape index (κ1) is 16.8. The van der Waals surface area contributed by atoms with Gasteiger partial charge in [0.05, 0.1) is 12.0 Å². The van der Waals surface area contributed by atoms with Crippen LogP contribution in [-0.2, 0) is 11.0 Å². The van der Waals surface area contributed by atoms with Crippen molar-refractivity contribution in [2.24, 2.45) is 0 Å². The predicted octanol–water partition coefficient (Wildman–Crippen LogP) is 4.52. The minimum absolute atomic E-state index is 0.0969. The molecule has 1 atom stereocenters. The molecule has 1 rings (SSSR count). The molecule has 0 saturated carbocycles. The Kier molecular flexibility index (Phi) is 5.86. The molecule has 20 heavy (non-hydrogen) atoms. The van der Waals surface area contributed by atoms with Crippen molar-refractivity contribution < 1.29 is 23.1 Å². The Bertz CT molecular complexity index is 477. The first-order chi connectivity index (χ1) is 9.24. The Hall–Kier alpha value is -1.24. The van der Waals surface area contributed by atoms with E-state index in [4.69, 9.17) is 5.11 Å². The summed E-state index contributed by atoms with van der Waals surface area (Å²) >= 11 is 3.00. The molecule has 0 aliphatic rings. The number of hydrogen-bond donors (Lipinski definition) is 2. The van der Waals surface area contributed by atoms with Crippen LogP contribution in [0.1, 0.15) is 31.7 Å². The van der Waals surface area contributed by atoms with Gasteiger partial charge in [0.1, 0.15) is 0 Å². The van der Waals surface area contributed by atoms with Gasteiger partial charge in [-0.05, 0) is 24.6 Å². The number of aliphatic carboxylic acids is 1. The third-order valence-corrected chi connectivity index (χ3v) is 3.20. The van der Waals surface area contributed by atoms with Crippen LogP contribution in [0.15, 0.2) is 22.7 Å². The lowest BCUT2D eigenvalue weighted by molar-refractivity contribution is -0.137. The minimum atomic E-state index is -4.49. The van der Waals surface area contributed by atoms with E-state index in [0.717, 1.165) is 6.07 Å². The maximum Gasteiger partial charge on any atom is 0.418 e. The van der Waals surface area contributed by atoms with Gasteiger partial charge in [-0.15, -0.1) is 0 Å². The monoisotopic (exact) mass is 353 g/mol. The highest BCUT2D eigenvalue weighted by molar-refractivity contribution is 9.10. The Morgan fingerprint density at radius 1 is 1.45 bits per heavy atom. The van der Waals surface area contributed by atoms with Crippen molar-refractivity contribution in [1.29, 1.82) is 0 Å². The van der Waals surface area contributed by atoms with Crippen molar-refractivity contribution in [3.63, 3.8) is 0 Å². The van der Waals surface area contributed by atoms with Crippen molar-refractivity contribution in [1.82, 2.24) is 0 Å². The van der Waals surface area contributed by atoms with Crippen LogP contribution in [0, 0.1) is 0 Å². The van der Waals surface area contributed by atoms with E-state index < -0.39 is 23.8 Å². The molecule has 2 N–H and O–H groups in total. The number of halogens is 4. The molecule has 1 aromatic rings. The van der Waals surface area contributed by atoms with Gasteiger partial charge in [0.2, 0.25) is 0 Å². The zero-order valence-corrected chi connectivity index (χ0v) is 12.4. The van der Waals surface area contributed by atoms with Crippen LogP contribution in [0.3, 0.4) is 0 Å². The number of anilines is 1. The number of hydrogen-bond acceptors (Lipinski definition) is 2. The average Bonchev–Trinajstić information content (AvgIpc) is 2.29. The van der Waals surface area contributed by atoms with Gasteiger partial charge in [0.15, 0.2) is 0 Å². The Morgan fingerprint density at radius 3 is 2.60 bits per heavy atom. The Morgan fingerprint density at radius 2 is 2.10 bits per heavy atom. The molecule has 7 heteroatoms. The molecule has 0 aliphatic carbocycles. The zero-order valence-electron chi connectivity index (χ0n) is 10.8. The Balaban J connectivity index is 3.02. The molecule has 0 aliphatic heterocycles. The van der Waals surface area contributed by atoms with Gasteiger partial charge in [-0.3, -0.25) is 4.79 Å². The molecule has 0 bridgehead atoms. The first-order valence-corrected chi connectivity index (χ1v) is 6.88. The maximum absolute atomic E-state index is 12.9. The number of carboxylic acid groups (broad SMARTS) is 1. The third-order valence-electron chi connectivity index (χ3n) is 2.70. The molecule has 112 valence electrons. The highest BCUT2D eigenvalue weighted by Gasteiger charge is 2.34. The van der Waals surface area contributed by atoms with E-state index in [1.165, 1.54) is 12.1 Å². The average molecular weight is 354 g/mol. The second-order valence-corrected chi connectivity index (χ2v) is 5.33. The Labute approximate surface area is 123 Å². The highest BCUT2D eigenvalue weighted by Crippen LogP contribution is 2.37. The normalized spacial score (nSPS) is 13.1.